The maximum absolute atomic E-state index is 13.3. The zero-order valence-corrected chi connectivity index (χ0v) is 14.4. The van der Waals surface area contributed by atoms with Crippen LogP contribution in [0.4, 0.5) is 10.1 Å². The SMILES string of the molecule is COc1cc(F)ccc1NC(=O)c1cc(C)n(-c2cc(C)on2)c1C. The number of halogens is 1. The molecule has 0 unspecified atom stereocenters. The molecular weight excluding hydrogens is 325 g/mol. The molecule has 0 spiro atoms. The summed E-state index contributed by atoms with van der Waals surface area (Å²) < 4.78 is 25.4. The first-order chi connectivity index (χ1) is 11.9. The van der Waals surface area contributed by atoms with Crippen LogP contribution in [0.2, 0.25) is 0 Å². The van der Waals surface area contributed by atoms with E-state index in [1.54, 1.807) is 19.1 Å². The summed E-state index contributed by atoms with van der Waals surface area (Å²) in [4.78, 5) is 12.7. The van der Waals surface area contributed by atoms with Crippen molar-refractivity contribution < 1.29 is 18.4 Å². The van der Waals surface area contributed by atoms with Gasteiger partial charge in [0.2, 0.25) is 0 Å². The van der Waals surface area contributed by atoms with Gasteiger partial charge in [0.15, 0.2) is 5.82 Å². The van der Waals surface area contributed by atoms with Gasteiger partial charge in [-0.25, -0.2) is 4.39 Å². The van der Waals surface area contributed by atoms with Crippen LogP contribution >= 0.6 is 0 Å². The Morgan fingerprint density at radius 2 is 2.00 bits per heavy atom. The van der Waals surface area contributed by atoms with Crippen molar-refractivity contribution in [3.63, 3.8) is 0 Å². The van der Waals surface area contributed by atoms with Crippen molar-refractivity contribution >= 4 is 11.6 Å². The molecule has 1 N–H and O–H groups in total. The minimum Gasteiger partial charge on any atom is -0.494 e. The van der Waals surface area contributed by atoms with Crippen molar-refractivity contribution in [3.05, 3.63) is 58.9 Å². The molecule has 0 fully saturated rings. The summed E-state index contributed by atoms with van der Waals surface area (Å²) in [7, 11) is 1.42. The number of amides is 1. The first-order valence-corrected chi connectivity index (χ1v) is 7.68. The third-order valence-electron chi connectivity index (χ3n) is 3.93. The van der Waals surface area contributed by atoms with E-state index in [-0.39, 0.29) is 11.7 Å². The third-order valence-corrected chi connectivity index (χ3v) is 3.93. The normalized spacial score (nSPS) is 10.8. The first kappa shape index (κ1) is 16.8. The minimum atomic E-state index is -0.436. The third kappa shape index (κ3) is 3.13. The quantitative estimate of drug-likeness (QED) is 0.782. The standard InChI is InChI=1S/C18H18FN3O3/c1-10-7-14(12(3)22(10)17-8-11(2)25-21-17)18(23)20-15-6-5-13(19)9-16(15)24-4/h5-9H,1-4H3,(H,20,23). The van der Waals surface area contributed by atoms with Crippen LogP contribution in [0.15, 0.2) is 34.9 Å². The fraction of sp³-hybridized carbons (Fsp3) is 0.222. The fourth-order valence-electron chi connectivity index (χ4n) is 2.76. The topological polar surface area (TPSA) is 69.3 Å². The van der Waals surface area contributed by atoms with E-state index in [0.717, 1.165) is 11.4 Å². The Bertz CT molecular complexity index is 943. The summed E-state index contributed by atoms with van der Waals surface area (Å²) in [6.45, 7) is 5.51. The van der Waals surface area contributed by atoms with Crippen LogP contribution in [0.1, 0.15) is 27.5 Å². The van der Waals surface area contributed by atoms with Gasteiger partial charge in [0.05, 0.1) is 18.4 Å². The number of anilines is 1. The molecule has 0 aliphatic heterocycles. The van der Waals surface area contributed by atoms with Gasteiger partial charge >= 0.3 is 0 Å². The molecule has 3 rings (SSSR count). The smallest absolute Gasteiger partial charge is 0.257 e. The predicted molar refractivity (Wildman–Crippen MR) is 90.9 cm³/mol. The number of nitrogens with zero attached hydrogens (tertiary/aromatic N) is 2. The number of aromatic nitrogens is 2. The van der Waals surface area contributed by atoms with Gasteiger partial charge in [-0.3, -0.25) is 9.36 Å². The lowest BCUT2D eigenvalue weighted by molar-refractivity contribution is 0.102. The molecule has 0 bridgehead atoms. The van der Waals surface area contributed by atoms with Crippen LogP contribution in [0, 0.1) is 26.6 Å². The zero-order chi connectivity index (χ0) is 18.1. The summed E-state index contributed by atoms with van der Waals surface area (Å²) in [6, 6.07) is 7.51. The van der Waals surface area contributed by atoms with E-state index in [4.69, 9.17) is 9.26 Å². The molecule has 130 valence electrons. The van der Waals surface area contributed by atoms with Crippen molar-refractivity contribution in [2.45, 2.75) is 20.8 Å². The van der Waals surface area contributed by atoms with Crippen LogP contribution in [0.3, 0.4) is 0 Å². The second kappa shape index (κ2) is 6.43. The van der Waals surface area contributed by atoms with Crippen LogP contribution < -0.4 is 10.1 Å². The van der Waals surface area contributed by atoms with Crippen LogP contribution in [0.25, 0.3) is 5.82 Å². The summed E-state index contributed by atoms with van der Waals surface area (Å²) in [5.74, 6) is 0.809. The Balaban J connectivity index is 1.94. The van der Waals surface area contributed by atoms with Gasteiger partial charge in [0, 0.05) is 23.5 Å². The molecule has 0 atom stereocenters. The van der Waals surface area contributed by atoms with Crippen LogP contribution in [0.5, 0.6) is 5.75 Å². The van der Waals surface area contributed by atoms with Gasteiger partial charge in [-0.2, -0.15) is 0 Å². The molecule has 0 aliphatic rings. The maximum Gasteiger partial charge on any atom is 0.257 e. The van der Waals surface area contributed by atoms with Gasteiger partial charge in [-0.1, -0.05) is 5.16 Å². The number of rotatable bonds is 4. The number of ether oxygens (including phenoxy) is 1. The Labute approximate surface area is 144 Å². The molecule has 2 heterocycles. The van der Waals surface area contributed by atoms with Gasteiger partial charge in [-0.05, 0) is 39.0 Å². The number of methoxy groups -OCH3 is 1. The van der Waals surface area contributed by atoms with Crippen LogP contribution in [-0.2, 0) is 0 Å². The fourth-order valence-corrected chi connectivity index (χ4v) is 2.76. The molecule has 6 nitrogen and oxygen atoms in total. The monoisotopic (exact) mass is 343 g/mol. The second-order valence-electron chi connectivity index (χ2n) is 5.71. The maximum atomic E-state index is 13.3. The first-order valence-electron chi connectivity index (χ1n) is 7.68. The zero-order valence-electron chi connectivity index (χ0n) is 14.4. The number of hydrogen-bond acceptors (Lipinski definition) is 4. The van der Waals surface area contributed by atoms with Crippen molar-refractivity contribution in [3.8, 4) is 11.6 Å². The molecule has 1 aromatic carbocycles. The largest absolute Gasteiger partial charge is 0.494 e. The molecule has 0 aliphatic carbocycles. The number of hydrogen-bond donors (Lipinski definition) is 1. The highest BCUT2D eigenvalue weighted by atomic mass is 19.1. The summed E-state index contributed by atoms with van der Waals surface area (Å²) >= 11 is 0. The molecule has 0 saturated heterocycles. The summed E-state index contributed by atoms with van der Waals surface area (Å²) in [6.07, 6.45) is 0. The minimum absolute atomic E-state index is 0.259. The molecule has 25 heavy (non-hydrogen) atoms. The highest BCUT2D eigenvalue weighted by Crippen LogP contribution is 2.27. The lowest BCUT2D eigenvalue weighted by atomic mass is 10.2. The van der Waals surface area contributed by atoms with Crippen molar-refractivity contribution in [1.29, 1.82) is 0 Å². The second-order valence-corrected chi connectivity index (χ2v) is 5.71. The van der Waals surface area contributed by atoms with Gasteiger partial charge < -0.3 is 14.6 Å². The van der Waals surface area contributed by atoms with Crippen molar-refractivity contribution in [2.24, 2.45) is 0 Å². The highest BCUT2D eigenvalue weighted by Gasteiger charge is 2.19. The van der Waals surface area contributed by atoms with E-state index in [1.807, 2.05) is 18.4 Å². The molecule has 1 amide bonds. The molecular formula is C18H18FN3O3. The Morgan fingerprint density at radius 1 is 1.24 bits per heavy atom. The van der Waals surface area contributed by atoms with Crippen LogP contribution in [-0.4, -0.2) is 22.7 Å². The lowest BCUT2D eigenvalue weighted by Crippen LogP contribution is -2.14. The van der Waals surface area contributed by atoms with Gasteiger partial charge in [-0.15, -0.1) is 0 Å². The number of benzene rings is 1. The van der Waals surface area contributed by atoms with E-state index in [0.29, 0.717) is 22.8 Å². The molecule has 0 saturated carbocycles. The Kier molecular flexibility index (Phi) is 4.31. The summed E-state index contributed by atoms with van der Waals surface area (Å²) in [5, 5.41) is 6.75. The van der Waals surface area contributed by atoms with E-state index < -0.39 is 5.82 Å². The van der Waals surface area contributed by atoms with E-state index in [9.17, 15) is 9.18 Å². The number of nitrogens with one attached hydrogen (secondary N) is 1. The number of aryl methyl sites for hydroxylation is 2. The van der Waals surface area contributed by atoms with Gasteiger partial charge in [0.25, 0.3) is 5.91 Å². The average molecular weight is 343 g/mol. The Morgan fingerprint density at radius 3 is 2.64 bits per heavy atom. The van der Waals surface area contributed by atoms with Crippen molar-refractivity contribution in [1.82, 2.24) is 9.72 Å². The predicted octanol–water partition coefficient (Wildman–Crippen LogP) is 3.79. The molecule has 7 heteroatoms. The number of carbonyl (C=O) groups is 1. The number of carbonyl (C=O) groups excluding carboxylic acids is 1. The van der Waals surface area contributed by atoms with E-state index in [1.165, 1.54) is 25.3 Å². The molecule has 3 aromatic rings. The van der Waals surface area contributed by atoms with Gasteiger partial charge in [0.1, 0.15) is 17.3 Å². The lowest BCUT2D eigenvalue weighted by Gasteiger charge is -2.10. The Hall–Kier alpha value is -3.09. The van der Waals surface area contributed by atoms with Crippen molar-refractivity contribution in [2.75, 3.05) is 12.4 Å². The van der Waals surface area contributed by atoms with E-state index in [2.05, 4.69) is 10.5 Å². The molecule has 2 aromatic heterocycles. The molecule has 0 radical (unpaired) electrons. The average Bonchev–Trinajstić information content (AvgIpc) is 3.11. The highest BCUT2D eigenvalue weighted by molar-refractivity contribution is 6.06. The summed E-state index contributed by atoms with van der Waals surface area (Å²) in [5.41, 5.74) is 2.46. The van der Waals surface area contributed by atoms with E-state index >= 15 is 0 Å².